The van der Waals surface area contributed by atoms with Crippen LogP contribution in [0.25, 0.3) is 0 Å². The lowest BCUT2D eigenvalue weighted by atomic mass is 9.80. The van der Waals surface area contributed by atoms with Gasteiger partial charge >= 0.3 is 0 Å². The van der Waals surface area contributed by atoms with Gasteiger partial charge in [0.1, 0.15) is 0 Å². The fourth-order valence-corrected chi connectivity index (χ4v) is 2.45. The second-order valence-corrected chi connectivity index (χ2v) is 4.68. The lowest BCUT2D eigenvalue weighted by Gasteiger charge is -2.35. The van der Waals surface area contributed by atoms with E-state index >= 15 is 0 Å². The number of ether oxygens (including phenoxy) is 2. The molecule has 1 N–H and O–H groups in total. The highest BCUT2D eigenvalue weighted by Gasteiger charge is 2.29. The van der Waals surface area contributed by atoms with Crippen molar-refractivity contribution in [3.8, 4) is 0 Å². The minimum Gasteiger partial charge on any atom is -0.376 e. The van der Waals surface area contributed by atoms with Crippen LogP contribution in [0.15, 0.2) is 0 Å². The molecule has 0 aromatic heterocycles. The first kappa shape index (κ1) is 11.4. The van der Waals surface area contributed by atoms with E-state index in [0.29, 0.717) is 6.04 Å². The van der Waals surface area contributed by atoms with Gasteiger partial charge in [0.2, 0.25) is 0 Å². The Morgan fingerprint density at radius 1 is 1.33 bits per heavy atom. The van der Waals surface area contributed by atoms with Gasteiger partial charge < -0.3 is 14.8 Å². The number of likely N-dealkylation sites (N-methyl/N-ethyl adjacent to an activating group) is 1. The zero-order valence-corrected chi connectivity index (χ0v) is 9.71. The highest BCUT2D eigenvalue weighted by Crippen LogP contribution is 2.31. The van der Waals surface area contributed by atoms with Gasteiger partial charge in [-0.25, -0.2) is 0 Å². The van der Waals surface area contributed by atoms with Crippen molar-refractivity contribution in [2.45, 2.75) is 44.8 Å². The largest absolute Gasteiger partial charge is 0.376 e. The van der Waals surface area contributed by atoms with Crippen LogP contribution in [0.5, 0.6) is 0 Å². The van der Waals surface area contributed by atoms with E-state index in [9.17, 15) is 0 Å². The van der Waals surface area contributed by atoms with Crippen molar-refractivity contribution in [3.63, 3.8) is 0 Å². The molecule has 2 aliphatic rings. The normalized spacial score (nSPS) is 29.8. The van der Waals surface area contributed by atoms with Crippen LogP contribution >= 0.6 is 0 Å². The molecular weight excluding hydrogens is 190 g/mol. The molecule has 0 aromatic rings. The third-order valence-electron chi connectivity index (χ3n) is 3.57. The molecule has 0 aromatic carbocycles. The smallest absolute Gasteiger partial charge is 0.0962 e. The molecule has 2 unspecified atom stereocenters. The Hall–Kier alpha value is -0.120. The topological polar surface area (TPSA) is 30.5 Å². The number of hydrogen-bond donors (Lipinski definition) is 1. The Morgan fingerprint density at radius 3 is 2.73 bits per heavy atom. The first-order chi connectivity index (χ1) is 7.40. The fourth-order valence-electron chi connectivity index (χ4n) is 2.45. The third kappa shape index (κ3) is 3.16. The predicted molar refractivity (Wildman–Crippen MR) is 60.0 cm³/mol. The second kappa shape index (κ2) is 5.83. The van der Waals surface area contributed by atoms with E-state index in [1.807, 2.05) is 0 Å². The summed E-state index contributed by atoms with van der Waals surface area (Å²) in [4.78, 5) is 0. The predicted octanol–water partition coefficient (Wildman–Crippen LogP) is 1.57. The van der Waals surface area contributed by atoms with E-state index in [2.05, 4.69) is 12.2 Å². The summed E-state index contributed by atoms with van der Waals surface area (Å²) in [6.07, 6.45) is 5.79. The van der Waals surface area contributed by atoms with Gasteiger partial charge in [-0.15, -0.1) is 0 Å². The van der Waals surface area contributed by atoms with Crippen molar-refractivity contribution in [1.82, 2.24) is 5.32 Å². The molecule has 0 bridgehead atoms. The average molecular weight is 213 g/mol. The summed E-state index contributed by atoms with van der Waals surface area (Å²) in [7, 11) is 0. The molecule has 3 heteroatoms. The first-order valence-corrected chi connectivity index (χ1v) is 6.33. The molecule has 0 spiro atoms. The molecule has 2 atom stereocenters. The number of rotatable bonds is 5. The van der Waals surface area contributed by atoms with Gasteiger partial charge in [0.05, 0.1) is 25.9 Å². The van der Waals surface area contributed by atoms with Gasteiger partial charge in [0.25, 0.3) is 0 Å². The molecule has 2 rings (SSSR count). The lowest BCUT2D eigenvalue weighted by molar-refractivity contribution is -0.105. The molecule has 2 fully saturated rings. The lowest BCUT2D eigenvalue weighted by Crippen LogP contribution is -2.48. The maximum atomic E-state index is 5.77. The second-order valence-electron chi connectivity index (χ2n) is 4.68. The quantitative estimate of drug-likeness (QED) is 0.752. The Morgan fingerprint density at radius 2 is 2.20 bits per heavy atom. The van der Waals surface area contributed by atoms with Crippen LogP contribution in [0.1, 0.15) is 32.6 Å². The third-order valence-corrected chi connectivity index (χ3v) is 3.57. The highest BCUT2D eigenvalue weighted by molar-refractivity contribution is 4.83. The van der Waals surface area contributed by atoms with Crippen molar-refractivity contribution in [3.05, 3.63) is 0 Å². The molecule has 1 saturated carbocycles. The monoisotopic (exact) mass is 213 g/mol. The molecular formula is C12H23NO2. The molecule has 1 heterocycles. The van der Waals surface area contributed by atoms with Crippen LogP contribution in [-0.4, -0.2) is 38.5 Å². The van der Waals surface area contributed by atoms with Crippen molar-refractivity contribution >= 4 is 0 Å². The summed E-state index contributed by atoms with van der Waals surface area (Å²) in [6.45, 7) is 5.48. The zero-order chi connectivity index (χ0) is 10.5. The van der Waals surface area contributed by atoms with Crippen LogP contribution in [0, 0.1) is 5.92 Å². The molecule has 1 saturated heterocycles. The minimum absolute atomic E-state index is 0.277. The summed E-state index contributed by atoms with van der Waals surface area (Å²) in [6, 6.07) is 0.501. The van der Waals surface area contributed by atoms with Crippen molar-refractivity contribution < 1.29 is 9.47 Å². The van der Waals surface area contributed by atoms with E-state index in [1.165, 1.54) is 25.7 Å². The van der Waals surface area contributed by atoms with Crippen LogP contribution in [0.4, 0.5) is 0 Å². The SMILES string of the molecule is CCNC(CC1CCC1)C1COCCO1. The van der Waals surface area contributed by atoms with Crippen LogP contribution < -0.4 is 5.32 Å². The molecule has 15 heavy (non-hydrogen) atoms. The fraction of sp³-hybridized carbons (Fsp3) is 1.00. The van der Waals surface area contributed by atoms with Crippen molar-refractivity contribution in [2.75, 3.05) is 26.4 Å². The summed E-state index contributed by atoms with van der Waals surface area (Å²) < 4.78 is 11.3. The molecule has 0 radical (unpaired) electrons. The Balaban J connectivity index is 1.79. The maximum absolute atomic E-state index is 5.77. The highest BCUT2D eigenvalue weighted by atomic mass is 16.6. The van der Waals surface area contributed by atoms with E-state index in [-0.39, 0.29) is 6.10 Å². The molecule has 0 amide bonds. The van der Waals surface area contributed by atoms with Gasteiger partial charge in [0, 0.05) is 6.04 Å². The van der Waals surface area contributed by atoms with Gasteiger partial charge in [-0.3, -0.25) is 0 Å². The average Bonchev–Trinajstić information content (AvgIpc) is 2.23. The summed E-state index contributed by atoms with van der Waals surface area (Å²) in [5, 5.41) is 3.55. The van der Waals surface area contributed by atoms with Crippen molar-refractivity contribution in [2.24, 2.45) is 5.92 Å². The van der Waals surface area contributed by atoms with E-state index in [1.54, 1.807) is 0 Å². The molecule has 1 aliphatic carbocycles. The van der Waals surface area contributed by atoms with Gasteiger partial charge in [0.15, 0.2) is 0 Å². The summed E-state index contributed by atoms with van der Waals surface area (Å²) in [5.41, 5.74) is 0. The van der Waals surface area contributed by atoms with Gasteiger partial charge in [-0.2, -0.15) is 0 Å². The Kier molecular flexibility index (Phi) is 4.42. The summed E-state index contributed by atoms with van der Waals surface area (Å²) >= 11 is 0. The summed E-state index contributed by atoms with van der Waals surface area (Å²) in [5.74, 6) is 0.930. The van der Waals surface area contributed by atoms with Crippen molar-refractivity contribution in [1.29, 1.82) is 0 Å². The number of hydrogen-bond acceptors (Lipinski definition) is 3. The molecule has 88 valence electrons. The van der Waals surface area contributed by atoms with Gasteiger partial charge in [-0.05, 0) is 18.9 Å². The van der Waals surface area contributed by atoms with E-state index in [0.717, 1.165) is 32.3 Å². The minimum atomic E-state index is 0.277. The van der Waals surface area contributed by atoms with E-state index in [4.69, 9.17) is 9.47 Å². The standard InChI is InChI=1S/C12H23NO2/c1-2-13-11(8-10-4-3-5-10)12-9-14-6-7-15-12/h10-13H,2-9H2,1H3. The van der Waals surface area contributed by atoms with E-state index < -0.39 is 0 Å². The van der Waals surface area contributed by atoms with Crippen LogP contribution in [-0.2, 0) is 9.47 Å². The number of nitrogens with one attached hydrogen (secondary N) is 1. The zero-order valence-electron chi connectivity index (χ0n) is 9.71. The van der Waals surface area contributed by atoms with Gasteiger partial charge in [-0.1, -0.05) is 26.2 Å². The Labute approximate surface area is 92.5 Å². The van der Waals surface area contributed by atoms with Crippen LogP contribution in [0.2, 0.25) is 0 Å². The van der Waals surface area contributed by atoms with Crippen LogP contribution in [0.3, 0.4) is 0 Å². The first-order valence-electron chi connectivity index (χ1n) is 6.33. The molecule has 3 nitrogen and oxygen atoms in total. The maximum Gasteiger partial charge on any atom is 0.0962 e. The Bertz CT molecular complexity index is 176. The molecule has 1 aliphatic heterocycles.